The third-order valence-electron chi connectivity index (χ3n) is 3.61. The minimum atomic E-state index is -0.506. The van der Waals surface area contributed by atoms with Gasteiger partial charge < -0.3 is 15.7 Å². The fourth-order valence-electron chi connectivity index (χ4n) is 2.45. The van der Waals surface area contributed by atoms with Crippen LogP contribution in [0.4, 0.5) is 0 Å². The summed E-state index contributed by atoms with van der Waals surface area (Å²) in [4.78, 5) is 2.29. The van der Waals surface area contributed by atoms with Crippen LogP contribution in [0.3, 0.4) is 0 Å². The van der Waals surface area contributed by atoms with Gasteiger partial charge in [-0.1, -0.05) is 6.92 Å². The van der Waals surface area contributed by atoms with Gasteiger partial charge in [0, 0.05) is 6.54 Å². The van der Waals surface area contributed by atoms with Crippen LogP contribution < -0.4 is 5.73 Å². The molecule has 2 atom stereocenters. The SMILES string of the molecule is CCC(CN)C1(O)CCCN(C)CC1. The van der Waals surface area contributed by atoms with E-state index in [4.69, 9.17) is 5.73 Å². The third-order valence-corrected chi connectivity index (χ3v) is 3.61. The van der Waals surface area contributed by atoms with E-state index in [1.807, 2.05) is 0 Å². The van der Waals surface area contributed by atoms with Gasteiger partial charge in [-0.3, -0.25) is 0 Å². The van der Waals surface area contributed by atoms with Gasteiger partial charge in [-0.2, -0.15) is 0 Å². The average Bonchev–Trinajstić information content (AvgIpc) is 2.32. The number of likely N-dealkylation sites (tertiary alicyclic amines) is 1. The lowest BCUT2D eigenvalue weighted by molar-refractivity contribution is -0.0290. The maximum atomic E-state index is 10.5. The molecule has 14 heavy (non-hydrogen) atoms. The molecule has 0 spiro atoms. The van der Waals surface area contributed by atoms with Crippen LogP contribution in [0.5, 0.6) is 0 Å². The van der Waals surface area contributed by atoms with Gasteiger partial charge in [-0.25, -0.2) is 0 Å². The van der Waals surface area contributed by atoms with Gasteiger partial charge in [0.2, 0.25) is 0 Å². The van der Waals surface area contributed by atoms with Gasteiger partial charge >= 0.3 is 0 Å². The molecule has 3 heteroatoms. The molecule has 0 saturated carbocycles. The maximum absolute atomic E-state index is 10.5. The summed E-state index contributed by atoms with van der Waals surface area (Å²) in [5.74, 6) is 0.272. The minimum absolute atomic E-state index is 0.272. The summed E-state index contributed by atoms with van der Waals surface area (Å²) in [5, 5.41) is 10.5. The van der Waals surface area contributed by atoms with Crippen molar-refractivity contribution in [3.8, 4) is 0 Å². The largest absolute Gasteiger partial charge is 0.390 e. The van der Waals surface area contributed by atoms with Gasteiger partial charge in [-0.15, -0.1) is 0 Å². The van der Waals surface area contributed by atoms with Crippen LogP contribution in [0.25, 0.3) is 0 Å². The monoisotopic (exact) mass is 200 g/mol. The number of rotatable bonds is 3. The highest BCUT2D eigenvalue weighted by molar-refractivity contribution is 4.89. The lowest BCUT2D eigenvalue weighted by atomic mass is 9.80. The predicted octanol–water partition coefficient (Wildman–Crippen LogP) is 0.818. The molecule has 1 fully saturated rings. The van der Waals surface area contributed by atoms with E-state index in [1.54, 1.807) is 0 Å². The highest BCUT2D eigenvalue weighted by Crippen LogP contribution is 2.31. The smallest absolute Gasteiger partial charge is 0.0700 e. The summed E-state index contributed by atoms with van der Waals surface area (Å²) in [5.41, 5.74) is 5.21. The minimum Gasteiger partial charge on any atom is -0.390 e. The molecule has 1 aliphatic heterocycles. The quantitative estimate of drug-likeness (QED) is 0.709. The van der Waals surface area contributed by atoms with Gasteiger partial charge in [0.25, 0.3) is 0 Å². The fourth-order valence-corrected chi connectivity index (χ4v) is 2.45. The Labute approximate surface area is 87.3 Å². The molecule has 0 bridgehead atoms. The lowest BCUT2D eigenvalue weighted by Crippen LogP contribution is -2.42. The van der Waals surface area contributed by atoms with Gasteiger partial charge in [-0.05, 0) is 51.7 Å². The number of hydrogen-bond donors (Lipinski definition) is 2. The first-order valence-corrected chi connectivity index (χ1v) is 5.73. The first-order valence-electron chi connectivity index (χ1n) is 5.73. The van der Waals surface area contributed by atoms with Crippen LogP contribution in [-0.2, 0) is 0 Å². The number of aliphatic hydroxyl groups is 1. The Bertz CT molecular complexity index is 171. The molecule has 1 heterocycles. The van der Waals surface area contributed by atoms with Gasteiger partial charge in [0.1, 0.15) is 0 Å². The van der Waals surface area contributed by atoms with Crippen molar-refractivity contribution >= 4 is 0 Å². The zero-order valence-electron chi connectivity index (χ0n) is 9.50. The highest BCUT2D eigenvalue weighted by Gasteiger charge is 2.35. The molecule has 0 radical (unpaired) electrons. The Kier molecular flexibility index (Phi) is 4.35. The zero-order valence-corrected chi connectivity index (χ0v) is 9.50. The number of hydrogen-bond acceptors (Lipinski definition) is 3. The maximum Gasteiger partial charge on any atom is 0.0700 e. The fraction of sp³-hybridized carbons (Fsp3) is 1.00. The van der Waals surface area contributed by atoms with Gasteiger partial charge in [0.05, 0.1) is 5.60 Å². The van der Waals surface area contributed by atoms with Crippen molar-refractivity contribution in [1.82, 2.24) is 4.90 Å². The lowest BCUT2D eigenvalue weighted by Gasteiger charge is -2.34. The molecule has 0 amide bonds. The van der Waals surface area contributed by atoms with E-state index in [9.17, 15) is 5.11 Å². The van der Waals surface area contributed by atoms with Crippen molar-refractivity contribution in [2.75, 3.05) is 26.7 Å². The molecular weight excluding hydrogens is 176 g/mol. The normalized spacial score (nSPS) is 32.6. The van der Waals surface area contributed by atoms with Crippen LogP contribution in [0.2, 0.25) is 0 Å². The van der Waals surface area contributed by atoms with Crippen LogP contribution in [0.1, 0.15) is 32.6 Å². The molecule has 84 valence electrons. The molecular formula is C11H24N2O. The predicted molar refractivity (Wildman–Crippen MR) is 59.1 cm³/mol. The first-order chi connectivity index (χ1) is 6.62. The first kappa shape index (κ1) is 12.0. The Morgan fingerprint density at radius 2 is 2.14 bits per heavy atom. The Hall–Kier alpha value is -0.120. The Morgan fingerprint density at radius 3 is 2.71 bits per heavy atom. The van der Waals surface area contributed by atoms with E-state index in [1.165, 1.54) is 0 Å². The molecule has 3 nitrogen and oxygen atoms in total. The number of nitrogens with two attached hydrogens (primary N) is 1. The topological polar surface area (TPSA) is 49.5 Å². The molecule has 3 N–H and O–H groups in total. The second-order valence-corrected chi connectivity index (χ2v) is 4.60. The average molecular weight is 200 g/mol. The summed E-state index contributed by atoms with van der Waals surface area (Å²) < 4.78 is 0. The van der Waals surface area contributed by atoms with E-state index in [0.717, 1.165) is 38.8 Å². The summed E-state index contributed by atoms with van der Waals surface area (Å²) >= 11 is 0. The molecule has 1 aliphatic rings. The molecule has 1 rings (SSSR count). The van der Waals surface area contributed by atoms with Crippen molar-refractivity contribution in [3.05, 3.63) is 0 Å². The summed E-state index contributed by atoms with van der Waals surface area (Å²) in [6, 6.07) is 0. The van der Waals surface area contributed by atoms with E-state index in [0.29, 0.717) is 6.54 Å². The Morgan fingerprint density at radius 1 is 1.43 bits per heavy atom. The summed E-state index contributed by atoms with van der Waals surface area (Å²) in [6.07, 6.45) is 3.85. The molecule has 1 saturated heterocycles. The van der Waals surface area contributed by atoms with Crippen LogP contribution in [0, 0.1) is 5.92 Å². The van der Waals surface area contributed by atoms with Crippen LogP contribution in [-0.4, -0.2) is 42.3 Å². The van der Waals surface area contributed by atoms with Crippen LogP contribution in [0.15, 0.2) is 0 Å². The van der Waals surface area contributed by atoms with E-state index < -0.39 is 5.60 Å². The van der Waals surface area contributed by atoms with Crippen molar-refractivity contribution in [2.24, 2.45) is 11.7 Å². The standard InChI is InChI=1S/C11H24N2O/c1-3-10(9-12)11(14)5-4-7-13(2)8-6-11/h10,14H,3-9,12H2,1-2H3. The second-order valence-electron chi connectivity index (χ2n) is 4.60. The summed E-state index contributed by atoms with van der Waals surface area (Å²) in [7, 11) is 2.12. The highest BCUT2D eigenvalue weighted by atomic mass is 16.3. The molecule has 0 aromatic rings. The number of nitrogens with zero attached hydrogens (tertiary/aromatic N) is 1. The van der Waals surface area contributed by atoms with Crippen molar-refractivity contribution in [3.63, 3.8) is 0 Å². The van der Waals surface area contributed by atoms with E-state index in [2.05, 4.69) is 18.9 Å². The van der Waals surface area contributed by atoms with Gasteiger partial charge in [0.15, 0.2) is 0 Å². The molecule has 0 aliphatic carbocycles. The molecule has 0 aromatic heterocycles. The van der Waals surface area contributed by atoms with Crippen molar-refractivity contribution in [2.45, 2.75) is 38.2 Å². The Balaban J connectivity index is 2.61. The van der Waals surface area contributed by atoms with Crippen molar-refractivity contribution < 1.29 is 5.11 Å². The van der Waals surface area contributed by atoms with Crippen LogP contribution >= 0.6 is 0 Å². The zero-order chi connectivity index (χ0) is 10.6. The summed E-state index contributed by atoms with van der Waals surface area (Å²) in [6.45, 7) is 4.82. The van der Waals surface area contributed by atoms with Crippen molar-refractivity contribution in [1.29, 1.82) is 0 Å². The third kappa shape index (κ3) is 2.69. The molecule has 0 aromatic carbocycles. The molecule has 2 unspecified atom stereocenters. The van der Waals surface area contributed by atoms with E-state index >= 15 is 0 Å². The van der Waals surface area contributed by atoms with E-state index in [-0.39, 0.29) is 5.92 Å². The second kappa shape index (κ2) is 5.10.